The molecule has 0 atom stereocenters. The summed E-state index contributed by atoms with van der Waals surface area (Å²) in [5, 5.41) is 13.8. The third-order valence-corrected chi connectivity index (χ3v) is 5.15. The number of aromatic nitrogens is 2. The lowest BCUT2D eigenvalue weighted by atomic mass is 9.89. The Kier molecular flexibility index (Phi) is 2.77. The van der Waals surface area contributed by atoms with Crippen LogP contribution in [0.25, 0.3) is 11.3 Å². The molecule has 0 aromatic carbocycles. The normalized spacial score (nSPS) is 19.4. The summed E-state index contributed by atoms with van der Waals surface area (Å²) < 4.78 is 0. The van der Waals surface area contributed by atoms with Gasteiger partial charge in [0.25, 0.3) is 5.91 Å². The Morgan fingerprint density at radius 1 is 1.45 bits per heavy atom. The molecule has 2 aromatic heterocycles. The second kappa shape index (κ2) is 4.57. The van der Waals surface area contributed by atoms with E-state index in [9.17, 15) is 9.59 Å². The third-order valence-electron chi connectivity index (χ3n) is 4.47. The number of nitrogens with one attached hydrogen (secondary N) is 2. The van der Waals surface area contributed by atoms with Gasteiger partial charge in [0.15, 0.2) is 0 Å². The molecule has 4 heterocycles. The lowest BCUT2D eigenvalue weighted by molar-refractivity contribution is 0.00735. The highest BCUT2D eigenvalue weighted by Gasteiger charge is 2.53. The summed E-state index contributed by atoms with van der Waals surface area (Å²) in [7, 11) is 1.77. The minimum absolute atomic E-state index is 0.0756. The maximum Gasteiger partial charge on any atom is 0.317 e. The number of aromatic amines is 1. The molecule has 2 aliphatic rings. The molecule has 22 heavy (non-hydrogen) atoms. The smallest absolute Gasteiger partial charge is 0.317 e. The molecular weight excluding hydrogens is 302 g/mol. The number of likely N-dealkylation sites (tertiary alicyclic amines) is 1. The van der Waals surface area contributed by atoms with Crippen molar-refractivity contribution in [1.82, 2.24) is 25.3 Å². The Morgan fingerprint density at radius 2 is 2.27 bits per heavy atom. The van der Waals surface area contributed by atoms with E-state index in [-0.39, 0.29) is 17.5 Å². The minimum Gasteiger partial charge on any atom is -0.335 e. The van der Waals surface area contributed by atoms with Crippen LogP contribution in [-0.2, 0) is 0 Å². The Balaban J connectivity index is 1.47. The molecule has 0 unspecified atom stereocenters. The van der Waals surface area contributed by atoms with E-state index in [0.29, 0.717) is 25.3 Å². The van der Waals surface area contributed by atoms with Crippen molar-refractivity contribution in [2.24, 2.45) is 0 Å². The van der Waals surface area contributed by atoms with Crippen LogP contribution in [0.4, 0.5) is 4.79 Å². The Labute approximate surface area is 130 Å². The fourth-order valence-corrected chi connectivity index (χ4v) is 3.63. The fourth-order valence-electron chi connectivity index (χ4n) is 2.98. The van der Waals surface area contributed by atoms with Gasteiger partial charge in [-0.15, -0.1) is 0 Å². The molecule has 0 radical (unpaired) electrons. The Morgan fingerprint density at radius 3 is 2.91 bits per heavy atom. The molecular formula is C14H15N5O2S. The Hall–Kier alpha value is -2.35. The number of H-pyrrole nitrogens is 1. The number of carbonyl (C=O) groups is 2. The standard InChI is InChI=1S/C14H15N5O2S/c1-18-13(21)15-6-14(18)7-19(8-14)12(20)11-4-10(16-17-11)9-2-3-22-5-9/h2-5H,6-8H2,1H3,(H,15,21)(H,16,17). The van der Waals surface area contributed by atoms with E-state index in [2.05, 4.69) is 15.5 Å². The van der Waals surface area contributed by atoms with E-state index in [0.717, 1.165) is 11.3 Å². The molecule has 0 saturated carbocycles. The molecule has 4 rings (SSSR count). The quantitative estimate of drug-likeness (QED) is 0.866. The molecule has 8 heteroatoms. The molecule has 2 fully saturated rings. The highest BCUT2D eigenvalue weighted by molar-refractivity contribution is 7.08. The maximum atomic E-state index is 12.5. The summed E-state index contributed by atoms with van der Waals surface area (Å²) in [6.45, 7) is 1.69. The topological polar surface area (TPSA) is 81.3 Å². The number of nitrogens with zero attached hydrogens (tertiary/aromatic N) is 3. The van der Waals surface area contributed by atoms with Crippen LogP contribution in [0.2, 0.25) is 0 Å². The van der Waals surface area contributed by atoms with Crippen LogP contribution in [-0.4, -0.2) is 64.2 Å². The molecule has 7 nitrogen and oxygen atoms in total. The van der Waals surface area contributed by atoms with Crippen LogP contribution in [0.15, 0.2) is 22.9 Å². The number of amides is 3. The average Bonchev–Trinajstić information content (AvgIpc) is 3.18. The predicted molar refractivity (Wildman–Crippen MR) is 81.7 cm³/mol. The fraction of sp³-hybridized carbons (Fsp3) is 0.357. The van der Waals surface area contributed by atoms with Crippen molar-refractivity contribution >= 4 is 23.3 Å². The highest BCUT2D eigenvalue weighted by atomic mass is 32.1. The third kappa shape index (κ3) is 1.83. The van der Waals surface area contributed by atoms with Gasteiger partial charge < -0.3 is 15.1 Å². The summed E-state index contributed by atoms with van der Waals surface area (Å²) in [5.41, 5.74) is 2.01. The summed E-state index contributed by atoms with van der Waals surface area (Å²) >= 11 is 1.59. The zero-order valence-corrected chi connectivity index (χ0v) is 12.8. The van der Waals surface area contributed by atoms with Gasteiger partial charge in [0, 0.05) is 37.6 Å². The maximum absolute atomic E-state index is 12.5. The number of carbonyl (C=O) groups excluding carboxylic acids is 2. The van der Waals surface area contributed by atoms with E-state index >= 15 is 0 Å². The molecule has 2 saturated heterocycles. The van der Waals surface area contributed by atoms with E-state index in [1.807, 2.05) is 16.8 Å². The number of likely N-dealkylation sites (N-methyl/N-ethyl adjacent to an activating group) is 1. The van der Waals surface area contributed by atoms with Gasteiger partial charge in [-0.1, -0.05) is 0 Å². The number of rotatable bonds is 2. The first-order chi connectivity index (χ1) is 10.6. The monoisotopic (exact) mass is 317 g/mol. The second-order valence-electron chi connectivity index (χ2n) is 5.78. The van der Waals surface area contributed by atoms with E-state index < -0.39 is 0 Å². The lowest BCUT2D eigenvalue weighted by Crippen LogP contribution is -2.70. The van der Waals surface area contributed by atoms with Crippen molar-refractivity contribution in [1.29, 1.82) is 0 Å². The largest absolute Gasteiger partial charge is 0.335 e. The Bertz CT molecular complexity index is 732. The molecule has 2 aliphatic heterocycles. The van der Waals surface area contributed by atoms with E-state index in [1.54, 1.807) is 34.3 Å². The lowest BCUT2D eigenvalue weighted by Gasteiger charge is -2.50. The molecule has 1 spiro atoms. The van der Waals surface area contributed by atoms with Gasteiger partial charge in [-0.25, -0.2) is 4.79 Å². The SMILES string of the molecule is CN1C(=O)NCC12CN(C(=O)c1cc(-c3ccsc3)n[nH]1)C2. The predicted octanol–water partition coefficient (Wildman–Crippen LogP) is 0.988. The van der Waals surface area contributed by atoms with Gasteiger partial charge >= 0.3 is 6.03 Å². The minimum atomic E-state index is -0.247. The first-order valence-corrected chi connectivity index (χ1v) is 7.92. The van der Waals surface area contributed by atoms with Gasteiger partial charge in [-0.3, -0.25) is 9.89 Å². The van der Waals surface area contributed by atoms with Crippen LogP contribution < -0.4 is 5.32 Å². The van der Waals surface area contributed by atoms with Crippen LogP contribution >= 0.6 is 11.3 Å². The summed E-state index contributed by atoms with van der Waals surface area (Å²) in [4.78, 5) is 27.5. The van der Waals surface area contributed by atoms with Gasteiger partial charge in [-0.2, -0.15) is 16.4 Å². The first kappa shape index (κ1) is 13.3. The van der Waals surface area contributed by atoms with Crippen molar-refractivity contribution < 1.29 is 9.59 Å². The zero-order valence-electron chi connectivity index (χ0n) is 12.0. The highest BCUT2D eigenvalue weighted by Crippen LogP contribution is 2.31. The van der Waals surface area contributed by atoms with Crippen molar-refractivity contribution in [3.05, 3.63) is 28.6 Å². The van der Waals surface area contributed by atoms with Crippen LogP contribution in [0.5, 0.6) is 0 Å². The van der Waals surface area contributed by atoms with Crippen LogP contribution in [0.1, 0.15) is 10.5 Å². The molecule has 0 aliphatic carbocycles. The summed E-state index contributed by atoms with van der Waals surface area (Å²) in [6, 6.07) is 3.67. The second-order valence-corrected chi connectivity index (χ2v) is 6.56. The van der Waals surface area contributed by atoms with Crippen molar-refractivity contribution in [3.63, 3.8) is 0 Å². The van der Waals surface area contributed by atoms with Crippen molar-refractivity contribution in [2.45, 2.75) is 5.54 Å². The van der Waals surface area contributed by atoms with Gasteiger partial charge in [-0.05, 0) is 17.5 Å². The summed E-state index contributed by atoms with van der Waals surface area (Å²) in [6.07, 6.45) is 0. The molecule has 2 N–H and O–H groups in total. The zero-order chi connectivity index (χ0) is 15.3. The number of hydrogen-bond donors (Lipinski definition) is 2. The first-order valence-electron chi connectivity index (χ1n) is 6.98. The van der Waals surface area contributed by atoms with Crippen molar-refractivity contribution in [2.75, 3.05) is 26.7 Å². The van der Waals surface area contributed by atoms with Crippen LogP contribution in [0.3, 0.4) is 0 Å². The van der Waals surface area contributed by atoms with E-state index in [4.69, 9.17) is 0 Å². The van der Waals surface area contributed by atoms with E-state index in [1.165, 1.54) is 0 Å². The van der Waals surface area contributed by atoms with Crippen LogP contribution in [0, 0.1) is 0 Å². The van der Waals surface area contributed by atoms with Gasteiger partial charge in [0.1, 0.15) is 5.69 Å². The molecule has 114 valence electrons. The summed E-state index contributed by atoms with van der Waals surface area (Å²) in [5.74, 6) is -0.0765. The van der Waals surface area contributed by atoms with Crippen molar-refractivity contribution in [3.8, 4) is 11.3 Å². The van der Waals surface area contributed by atoms with Gasteiger partial charge in [0.05, 0.1) is 11.2 Å². The number of urea groups is 1. The molecule has 2 aromatic rings. The number of thiophene rings is 1. The molecule has 3 amide bonds. The van der Waals surface area contributed by atoms with Gasteiger partial charge in [0.2, 0.25) is 0 Å². The number of hydrogen-bond acceptors (Lipinski definition) is 4. The average molecular weight is 317 g/mol. The molecule has 0 bridgehead atoms.